The van der Waals surface area contributed by atoms with E-state index in [0.717, 1.165) is 41.9 Å². The van der Waals surface area contributed by atoms with E-state index < -0.39 is 0 Å². The maximum absolute atomic E-state index is 5.25. The van der Waals surface area contributed by atoms with Gasteiger partial charge in [0.2, 0.25) is 10.6 Å². The van der Waals surface area contributed by atoms with Crippen LogP contribution in [0.3, 0.4) is 0 Å². The van der Waals surface area contributed by atoms with Crippen LogP contribution in [0.1, 0.15) is 37.6 Å². The molecule has 0 saturated carbocycles. The number of nitrogens with zero attached hydrogens (tertiary/aromatic N) is 5. The van der Waals surface area contributed by atoms with Crippen LogP contribution in [-0.4, -0.2) is 35.4 Å². The number of unbranched alkanes of at least 4 members (excludes halogenated alkanes) is 2. The summed E-state index contributed by atoms with van der Waals surface area (Å²) in [5.41, 5.74) is 4.32. The Kier molecular flexibility index (Phi) is 5.90. The van der Waals surface area contributed by atoms with Gasteiger partial charge in [-0.2, -0.15) is 5.21 Å². The van der Waals surface area contributed by atoms with Crippen molar-refractivity contribution in [2.75, 3.05) is 0 Å². The first-order valence-electron chi connectivity index (χ1n) is 9.82. The molecule has 0 fully saturated rings. The first-order chi connectivity index (χ1) is 14.2. The smallest absolute Gasteiger partial charge is 0.213 e. The molecule has 0 aliphatic carbocycles. The van der Waals surface area contributed by atoms with Gasteiger partial charge in [-0.25, -0.2) is 4.98 Å². The minimum Gasteiger partial charge on any atom is -0.272 e. The standard InChI is InChI=1S/C21H23N7S/c1-2-3-6-13-28-19(22-21(29)25-28)14-15-9-11-16(12-10-15)17-7-4-5-8-18(17)20-23-26-27-24-20/h4-5,7-12H,2-3,6,13-14H2,1H3,(H,25,29)(H,23,24,26,27). The molecule has 2 aromatic carbocycles. The second-order valence-electron chi connectivity index (χ2n) is 6.96. The molecule has 29 heavy (non-hydrogen) atoms. The summed E-state index contributed by atoms with van der Waals surface area (Å²) in [6, 6.07) is 16.6. The number of nitrogens with one attached hydrogen (secondary N) is 2. The lowest BCUT2D eigenvalue weighted by molar-refractivity contribution is 0.534. The Labute approximate surface area is 174 Å². The zero-order chi connectivity index (χ0) is 20.1. The zero-order valence-corrected chi connectivity index (χ0v) is 17.1. The van der Waals surface area contributed by atoms with Crippen LogP contribution in [0, 0.1) is 4.77 Å². The van der Waals surface area contributed by atoms with Gasteiger partial charge in [-0.05, 0) is 40.5 Å². The molecular formula is C21H23N7S. The third-order valence-corrected chi connectivity index (χ3v) is 5.08. The zero-order valence-electron chi connectivity index (χ0n) is 16.3. The summed E-state index contributed by atoms with van der Waals surface area (Å²) in [5.74, 6) is 1.57. The average Bonchev–Trinajstić information content (AvgIpc) is 3.39. The fraction of sp³-hybridized carbons (Fsp3) is 0.286. The van der Waals surface area contributed by atoms with Crippen molar-refractivity contribution in [2.45, 2.75) is 39.2 Å². The van der Waals surface area contributed by atoms with Crippen molar-refractivity contribution in [3.63, 3.8) is 0 Å². The van der Waals surface area contributed by atoms with Crippen molar-refractivity contribution in [3.05, 3.63) is 64.7 Å². The first kappa shape index (κ1) is 19.2. The van der Waals surface area contributed by atoms with E-state index >= 15 is 0 Å². The third-order valence-electron chi connectivity index (χ3n) is 4.90. The van der Waals surface area contributed by atoms with E-state index in [1.54, 1.807) is 0 Å². The fourth-order valence-corrected chi connectivity index (χ4v) is 3.63. The van der Waals surface area contributed by atoms with Gasteiger partial charge in [0.15, 0.2) is 0 Å². The Morgan fingerprint density at radius 2 is 1.79 bits per heavy atom. The number of tetrazole rings is 1. The number of rotatable bonds is 8. The largest absolute Gasteiger partial charge is 0.272 e. The summed E-state index contributed by atoms with van der Waals surface area (Å²) in [6.45, 7) is 3.12. The molecule has 0 saturated heterocycles. The van der Waals surface area contributed by atoms with Gasteiger partial charge in [-0.15, -0.1) is 10.2 Å². The highest BCUT2D eigenvalue weighted by atomic mass is 32.1. The maximum atomic E-state index is 5.25. The lowest BCUT2D eigenvalue weighted by atomic mass is 9.98. The van der Waals surface area contributed by atoms with Crippen LogP contribution in [0.5, 0.6) is 0 Å². The molecule has 7 nitrogen and oxygen atoms in total. The minimum absolute atomic E-state index is 0.544. The van der Waals surface area contributed by atoms with Gasteiger partial charge in [0.1, 0.15) is 5.82 Å². The Morgan fingerprint density at radius 3 is 2.52 bits per heavy atom. The van der Waals surface area contributed by atoms with Gasteiger partial charge in [0, 0.05) is 18.5 Å². The van der Waals surface area contributed by atoms with Crippen molar-refractivity contribution in [1.29, 1.82) is 0 Å². The Morgan fingerprint density at radius 1 is 1.00 bits per heavy atom. The number of aromatic nitrogens is 7. The van der Waals surface area contributed by atoms with Crippen LogP contribution >= 0.6 is 12.2 Å². The predicted molar refractivity (Wildman–Crippen MR) is 115 cm³/mol. The Bertz CT molecular complexity index is 1110. The highest BCUT2D eigenvalue weighted by Crippen LogP contribution is 2.29. The number of aromatic amines is 2. The molecule has 4 rings (SSSR count). The summed E-state index contributed by atoms with van der Waals surface area (Å²) in [4.78, 5) is 4.51. The topological polar surface area (TPSA) is 88.1 Å². The molecule has 4 aromatic rings. The maximum Gasteiger partial charge on any atom is 0.213 e. The van der Waals surface area contributed by atoms with Crippen molar-refractivity contribution in [1.82, 2.24) is 35.4 Å². The molecule has 148 valence electrons. The molecule has 0 radical (unpaired) electrons. The molecule has 0 atom stereocenters. The monoisotopic (exact) mass is 405 g/mol. The third kappa shape index (κ3) is 4.48. The van der Waals surface area contributed by atoms with Gasteiger partial charge in [0.25, 0.3) is 0 Å². The van der Waals surface area contributed by atoms with Gasteiger partial charge in [-0.3, -0.25) is 9.78 Å². The average molecular weight is 406 g/mol. The summed E-state index contributed by atoms with van der Waals surface area (Å²) in [7, 11) is 0. The molecule has 2 heterocycles. The first-order valence-corrected chi connectivity index (χ1v) is 10.2. The molecule has 0 aliphatic rings. The molecule has 8 heteroatoms. The fourth-order valence-electron chi connectivity index (χ4n) is 3.41. The van der Waals surface area contributed by atoms with Crippen molar-refractivity contribution in [3.8, 4) is 22.5 Å². The van der Waals surface area contributed by atoms with Crippen LogP contribution < -0.4 is 0 Å². The molecule has 2 aromatic heterocycles. The highest BCUT2D eigenvalue weighted by molar-refractivity contribution is 7.71. The predicted octanol–water partition coefficient (Wildman–Crippen LogP) is 4.57. The SMILES string of the molecule is CCCCCn1[nH]c(=S)nc1Cc1ccc(-c2ccccc2-c2nn[nH]n2)cc1. The number of hydrogen-bond acceptors (Lipinski definition) is 5. The van der Waals surface area contributed by atoms with Gasteiger partial charge in [0.05, 0.1) is 0 Å². The summed E-state index contributed by atoms with van der Waals surface area (Å²) in [5, 5.41) is 17.6. The molecular weight excluding hydrogens is 382 g/mol. The lowest BCUT2D eigenvalue weighted by Crippen LogP contribution is -2.06. The summed E-state index contributed by atoms with van der Waals surface area (Å²) in [6.07, 6.45) is 4.26. The van der Waals surface area contributed by atoms with Crippen LogP contribution in [0.4, 0.5) is 0 Å². The van der Waals surface area contributed by atoms with Crippen LogP contribution in [0.25, 0.3) is 22.5 Å². The van der Waals surface area contributed by atoms with E-state index in [0.29, 0.717) is 10.6 Å². The summed E-state index contributed by atoms with van der Waals surface area (Å²) >= 11 is 5.25. The second kappa shape index (κ2) is 8.91. The van der Waals surface area contributed by atoms with Crippen molar-refractivity contribution in [2.24, 2.45) is 0 Å². The second-order valence-corrected chi connectivity index (χ2v) is 7.35. The normalized spacial score (nSPS) is 11.1. The summed E-state index contributed by atoms with van der Waals surface area (Å²) < 4.78 is 2.62. The molecule has 0 unspecified atom stereocenters. The molecule has 2 N–H and O–H groups in total. The molecule has 0 amide bonds. The molecule has 0 aliphatic heterocycles. The Hall–Kier alpha value is -3.13. The van der Waals surface area contributed by atoms with E-state index in [-0.39, 0.29) is 0 Å². The minimum atomic E-state index is 0.544. The lowest BCUT2D eigenvalue weighted by Gasteiger charge is -2.09. The van der Waals surface area contributed by atoms with Crippen LogP contribution in [0.2, 0.25) is 0 Å². The number of benzene rings is 2. The van der Waals surface area contributed by atoms with Gasteiger partial charge in [-0.1, -0.05) is 68.3 Å². The van der Waals surface area contributed by atoms with Crippen molar-refractivity contribution < 1.29 is 0 Å². The molecule has 0 bridgehead atoms. The van der Waals surface area contributed by atoms with Crippen molar-refractivity contribution >= 4 is 12.2 Å². The quantitative estimate of drug-likeness (QED) is 0.331. The van der Waals surface area contributed by atoms with E-state index in [2.05, 4.69) is 72.6 Å². The van der Waals surface area contributed by atoms with E-state index in [1.165, 1.54) is 18.4 Å². The van der Waals surface area contributed by atoms with E-state index in [1.807, 2.05) is 18.2 Å². The van der Waals surface area contributed by atoms with Gasteiger partial charge >= 0.3 is 0 Å². The van der Waals surface area contributed by atoms with Crippen LogP contribution in [0.15, 0.2) is 48.5 Å². The molecule has 0 spiro atoms. The van der Waals surface area contributed by atoms with Gasteiger partial charge < -0.3 is 0 Å². The van der Waals surface area contributed by atoms with E-state index in [4.69, 9.17) is 12.2 Å². The Balaban J connectivity index is 1.55. The number of aryl methyl sites for hydroxylation is 1. The highest BCUT2D eigenvalue weighted by Gasteiger charge is 2.11. The number of hydrogen-bond donors (Lipinski definition) is 2. The number of H-pyrrole nitrogens is 2. The van der Waals surface area contributed by atoms with E-state index in [9.17, 15) is 0 Å². The van der Waals surface area contributed by atoms with Crippen LogP contribution in [-0.2, 0) is 13.0 Å².